The number of ether oxygens (including phenoxy) is 1. The van der Waals surface area contributed by atoms with Gasteiger partial charge in [0.05, 0.1) is 11.7 Å². The molecule has 0 bridgehead atoms. The monoisotopic (exact) mass is 244 g/mol. The van der Waals surface area contributed by atoms with Crippen LogP contribution < -0.4 is 0 Å². The minimum Gasteiger partial charge on any atom is -0.393 e. The van der Waals surface area contributed by atoms with Gasteiger partial charge in [-0.05, 0) is 43.8 Å². The van der Waals surface area contributed by atoms with E-state index in [1.54, 1.807) is 0 Å². The van der Waals surface area contributed by atoms with Crippen LogP contribution in [0.3, 0.4) is 0 Å². The summed E-state index contributed by atoms with van der Waals surface area (Å²) in [6, 6.07) is 0. The van der Waals surface area contributed by atoms with Crippen LogP contribution in [0.4, 0.5) is 0 Å². The summed E-state index contributed by atoms with van der Waals surface area (Å²) >= 11 is 2.02. The SMILES string of the molecule is CCC(C(C)O)C1CCOC2(CCSC2)C1. The maximum absolute atomic E-state index is 9.85. The molecule has 2 saturated heterocycles. The molecule has 0 aliphatic carbocycles. The fourth-order valence-electron chi connectivity index (χ4n) is 3.36. The Morgan fingerprint density at radius 3 is 2.94 bits per heavy atom. The smallest absolute Gasteiger partial charge is 0.0783 e. The van der Waals surface area contributed by atoms with Gasteiger partial charge in [0, 0.05) is 12.4 Å². The predicted molar refractivity (Wildman–Crippen MR) is 68.8 cm³/mol. The molecule has 0 amide bonds. The van der Waals surface area contributed by atoms with Gasteiger partial charge in [-0.15, -0.1) is 0 Å². The zero-order valence-electron chi connectivity index (χ0n) is 10.4. The van der Waals surface area contributed by atoms with Crippen molar-refractivity contribution in [3.63, 3.8) is 0 Å². The van der Waals surface area contributed by atoms with E-state index >= 15 is 0 Å². The van der Waals surface area contributed by atoms with E-state index in [4.69, 9.17) is 4.74 Å². The Kier molecular flexibility index (Phi) is 4.20. The Bertz CT molecular complexity index is 224. The van der Waals surface area contributed by atoms with E-state index in [1.807, 2.05) is 18.7 Å². The van der Waals surface area contributed by atoms with Gasteiger partial charge >= 0.3 is 0 Å². The van der Waals surface area contributed by atoms with Gasteiger partial charge < -0.3 is 9.84 Å². The molecule has 4 atom stereocenters. The van der Waals surface area contributed by atoms with Crippen molar-refractivity contribution in [3.8, 4) is 0 Å². The highest BCUT2D eigenvalue weighted by Crippen LogP contribution is 2.43. The predicted octanol–water partition coefficient (Wildman–Crippen LogP) is 2.70. The van der Waals surface area contributed by atoms with Crippen LogP contribution in [0, 0.1) is 11.8 Å². The summed E-state index contributed by atoms with van der Waals surface area (Å²) in [5.41, 5.74) is 0.163. The molecule has 16 heavy (non-hydrogen) atoms. The van der Waals surface area contributed by atoms with Crippen molar-refractivity contribution in [2.75, 3.05) is 18.1 Å². The molecule has 2 aliphatic rings. The second-order valence-corrected chi connectivity index (χ2v) is 6.50. The Morgan fingerprint density at radius 2 is 2.38 bits per heavy atom. The van der Waals surface area contributed by atoms with Crippen molar-refractivity contribution in [2.24, 2.45) is 11.8 Å². The molecule has 0 radical (unpaired) electrons. The van der Waals surface area contributed by atoms with Crippen LogP contribution in [0.25, 0.3) is 0 Å². The zero-order valence-corrected chi connectivity index (χ0v) is 11.3. The lowest BCUT2D eigenvalue weighted by Crippen LogP contribution is -2.43. The molecule has 0 aromatic heterocycles. The summed E-state index contributed by atoms with van der Waals surface area (Å²) in [5.74, 6) is 3.54. The third-order valence-electron chi connectivity index (χ3n) is 4.29. The van der Waals surface area contributed by atoms with Crippen LogP contribution in [0.1, 0.15) is 39.5 Å². The summed E-state index contributed by atoms with van der Waals surface area (Å²) in [4.78, 5) is 0. The molecule has 0 saturated carbocycles. The second-order valence-electron chi connectivity index (χ2n) is 5.40. The quantitative estimate of drug-likeness (QED) is 0.827. The normalized spacial score (nSPS) is 38.8. The number of aliphatic hydroxyl groups is 1. The van der Waals surface area contributed by atoms with Gasteiger partial charge in [-0.2, -0.15) is 11.8 Å². The van der Waals surface area contributed by atoms with Gasteiger partial charge in [0.2, 0.25) is 0 Å². The van der Waals surface area contributed by atoms with E-state index in [2.05, 4.69) is 6.92 Å². The lowest BCUT2D eigenvalue weighted by Gasteiger charge is -2.41. The van der Waals surface area contributed by atoms with E-state index in [0.29, 0.717) is 11.8 Å². The Labute approximate surface area is 103 Å². The molecule has 3 heteroatoms. The lowest BCUT2D eigenvalue weighted by atomic mass is 9.75. The largest absolute Gasteiger partial charge is 0.393 e. The molecule has 2 fully saturated rings. The third kappa shape index (κ3) is 2.57. The Hall–Kier alpha value is 0.270. The zero-order chi connectivity index (χ0) is 11.6. The van der Waals surface area contributed by atoms with Crippen LogP contribution in [-0.2, 0) is 4.74 Å². The fourth-order valence-corrected chi connectivity index (χ4v) is 4.74. The summed E-state index contributed by atoms with van der Waals surface area (Å²) in [6.07, 6.45) is 4.44. The van der Waals surface area contributed by atoms with Gasteiger partial charge in [-0.1, -0.05) is 13.3 Å². The molecule has 2 heterocycles. The third-order valence-corrected chi connectivity index (χ3v) is 5.52. The fraction of sp³-hybridized carbons (Fsp3) is 1.00. The molecule has 1 spiro atoms. The Balaban J connectivity index is 2.00. The van der Waals surface area contributed by atoms with Gasteiger partial charge in [-0.25, -0.2) is 0 Å². The first-order valence-electron chi connectivity index (χ1n) is 6.56. The molecular weight excluding hydrogens is 220 g/mol. The minimum atomic E-state index is -0.167. The second kappa shape index (κ2) is 5.28. The molecule has 0 aromatic rings. The first-order valence-corrected chi connectivity index (χ1v) is 7.72. The van der Waals surface area contributed by atoms with E-state index in [0.717, 1.165) is 19.4 Å². The summed E-state index contributed by atoms with van der Waals surface area (Å²) in [6.45, 7) is 5.04. The van der Waals surface area contributed by atoms with E-state index in [9.17, 15) is 5.11 Å². The number of aliphatic hydroxyl groups excluding tert-OH is 1. The summed E-state index contributed by atoms with van der Waals surface area (Å²) in [7, 11) is 0. The average Bonchev–Trinajstić information content (AvgIpc) is 2.67. The van der Waals surface area contributed by atoms with Gasteiger partial charge in [0.1, 0.15) is 0 Å². The molecule has 2 nitrogen and oxygen atoms in total. The molecule has 94 valence electrons. The highest BCUT2D eigenvalue weighted by molar-refractivity contribution is 7.99. The Morgan fingerprint density at radius 1 is 1.56 bits per heavy atom. The van der Waals surface area contributed by atoms with Crippen LogP contribution >= 0.6 is 11.8 Å². The molecular formula is C13H24O2S. The number of hydrogen-bond donors (Lipinski definition) is 1. The van der Waals surface area contributed by atoms with Crippen LogP contribution in [0.15, 0.2) is 0 Å². The molecule has 1 N–H and O–H groups in total. The first kappa shape index (κ1) is 12.7. The standard InChI is InChI=1S/C13H24O2S/c1-3-12(10(2)14)11-4-6-15-13(8-11)5-7-16-9-13/h10-12,14H,3-9H2,1-2H3. The van der Waals surface area contributed by atoms with E-state index in [1.165, 1.54) is 24.3 Å². The average molecular weight is 244 g/mol. The molecule has 0 aromatic carbocycles. The van der Waals surface area contributed by atoms with E-state index < -0.39 is 0 Å². The van der Waals surface area contributed by atoms with Crippen LogP contribution in [0.2, 0.25) is 0 Å². The highest BCUT2D eigenvalue weighted by atomic mass is 32.2. The summed E-state index contributed by atoms with van der Waals surface area (Å²) < 4.78 is 6.03. The topological polar surface area (TPSA) is 29.5 Å². The first-order chi connectivity index (χ1) is 7.67. The summed E-state index contributed by atoms with van der Waals surface area (Å²) in [5, 5.41) is 9.85. The molecule has 4 unspecified atom stereocenters. The van der Waals surface area contributed by atoms with Gasteiger partial charge in [0.25, 0.3) is 0 Å². The maximum atomic E-state index is 9.85. The lowest BCUT2D eigenvalue weighted by molar-refractivity contribution is -0.0986. The van der Waals surface area contributed by atoms with Crippen molar-refractivity contribution in [1.82, 2.24) is 0 Å². The van der Waals surface area contributed by atoms with E-state index in [-0.39, 0.29) is 11.7 Å². The van der Waals surface area contributed by atoms with Crippen molar-refractivity contribution in [2.45, 2.75) is 51.2 Å². The van der Waals surface area contributed by atoms with Crippen molar-refractivity contribution < 1.29 is 9.84 Å². The van der Waals surface area contributed by atoms with Crippen LogP contribution in [-0.4, -0.2) is 34.9 Å². The minimum absolute atomic E-state index is 0.163. The number of hydrogen-bond acceptors (Lipinski definition) is 3. The van der Waals surface area contributed by atoms with Crippen molar-refractivity contribution in [3.05, 3.63) is 0 Å². The van der Waals surface area contributed by atoms with Gasteiger partial charge in [-0.3, -0.25) is 0 Å². The maximum Gasteiger partial charge on any atom is 0.0783 e. The van der Waals surface area contributed by atoms with Crippen molar-refractivity contribution >= 4 is 11.8 Å². The van der Waals surface area contributed by atoms with Gasteiger partial charge in [0.15, 0.2) is 0 Å². The number of rotatable bonds is 3. The van der Waals surface area contributed by atoms with Crippen LogP contribution in [0.5, 0.6) is 0 Å². The van der Waals surface area contributed by atoms with Crippen molar-refractivity contribution in [1.29, 1.82) is 0 Å². The highest BCUT2D eigenvalue weighted by Gasteiger charge is 2.42. The number of thioether (sulfide) groups is 1. The molecule has 2 aliphatic heterocycles. The molecule has 2 rings (SSSR count).